The molecule has 0 aliphatic carbocycles. The molecule has 1 heterocycles. The second-order valence-corrected chi connectivity index (χ2v) is 5.15. The summed E-state index contributed by atoms with van der Waals surface area (Å²) in [7, 11) is 0. The van der Waals surface area contributed by atoms with E-state index in [1.54, 1.807) is 39.8 Å². The van der Waals surface area contributed by atoms with Crippen molar-refractivity contribution in [3.8, 4) is 0 Å². The highest BCUT2D eigenvalue weighted by atomic mass is 19.1. The van der Waals surface area contributed by atoms with Crippen LogP contribution in [0.4, 0.5) is 9.18 Å². The van der Waals surface area contributed by atoms with Crippen molar-refractivity contribution in [1.82, 2.24) is 10.3 Å². The normalized spacial score (nSPS) is 11.6. The van der Waals surface area contributed by atoms with Crippen LogP contribution in [0.5, 0.6) is 0 Å². The smallest absolute Gasteiger partial charge is 0.407 e. The molecule has 0 fully saturated rings. The molecule has 19 heavy (non-hydrogen) atoms. The van der Waals surface area contributed by atoms with E-state index in [1.165, 1.54) is 12.3 Å². The van der Waals surface area contributed by atoms with Gasteiger partial charge in [0.25, 0.3) is 0 Å². The van der Waals surface area contributed by atoms with Crippen molar-refractivity contribution in [2.45, 2.75) is 33.3 Å². The number of nitrogens with zero attached hydrogens (tertiary/aromatic N) is 1. The Bertz CT molecular complexity index is 479. The Morgan fingerprint density at radius 2 is 2.21 bits per heavy atom. The summed E-state index contributed by atoms with van der Waals surface area (Å²) in [5.74, 6) is -0.499. The van der Waals surface area contributed by atoms with Gasteiger partial charge in [-0.1, -0.05) is 12.2 Å². The molecule has 0 aliphatic rings. The highest BCUT2D eigenvalue weighted by molar-refractivity contribution is 5.68. The minimum Gasteiger partial charge on any atom is -0.444 e. The molecule has 1 N–H and O–H groups in total. The second-order valence-electron chi connectivity index (χ2n) is 5.15. The fourth-order valence-electron chi connectivity index (χ4n) is 1.35. The lowest BCUT2D eigenvalue weighted by Crippen LogP contribution is -2.32. The number of carbonyl (C=O) groups excluding carboxylic acids is 1. The van der Waals surface area contributed by atoms with Crippen molar-refractivity contribution in [1.29, 1.82) is 0 Å². The van der Waals surface area contributed by atoms with Crippen LogP contribution in [0, 0.1) is 12.9 Å². The maximum Gasteiger partial charge on any atom is 0.407 e. The molecule has 0 bridgehead atoms. The second kappa shape index (κ2) is 6.31. The molecule has 0 unspecified atom stereocenters. The van der Waals surface area contributed by atoms with Crippen molar-refractivity contribution in [2.75, 3.05) is 6.54 Å². The zero-order valence-electron chi connectivity index (χ0n) is 11.7. The summed E-state index contributed by atoms with van der Waals surface area (Å²) in [4.78, 5) is 14.9. The lowest BCUT2D eigenvalue weighted by molar-refractivity contribution is 0.0534. The lowest BCUT2D eigenvalue weighted by atomic mass is 10.1. The van der Waals surface area contributed by atoms with E-state index in [0.29, 0.717) is 6.54 Å². The zero-order valence-corrected chi connectivity index (χ0v) is 11.7. The number of rotatable bonds is 3. The van der Waals surface area contributed by atoms with E-state index in [0.717, 1.165) is 11.1 Å². The summed E-state index contributed by atoms with van der Waals surface area (Å²) < 4.78 is 17.9. The Kier molecular flexibility index (Phi) is 5.03. The van der Waals surface area contributed by atoms with Crippen LogP contribution in [0.3, 0.4) is 0 Å². The molecule has 5 heteroatoms. The molecule has 0 radical (unpaired) electrons. The first-order valence-corrected chi connectivity index (χ1v) is 6.03. The Balaban J connectivity index is 2.44. The van der Waals surface area contributed by atoms with Gasteiger partial charge in [-0.05, 0) is 44.9 Å². The van der Waals surface area contributed by atoms with Crippen molar-refractivity contribution in [2.24, 2.45) is 0 Å². The minimum atomic E-state index is -0.509. The Hall–Kier alpha value is -1.91. The fraction of sp³-hybridized carbons (Fsp3) is 0.429. The number of carbonyl (C=O) groups is 1. The molecule has 0 spiro atoms. The highest BCUT2D eigenvalue weighted by Gasteiger charge is 2.14. The molecule has 1 aromatic rings. The van der Waals surface area contributed by atoms with Crippen molar-refractivity contribution < 1.29 is 13.9 Å². The molecule has 1 rings (SSSR count). The van der Waals surface area contributed by atoms with Gasteiger partial charge in [0, 0.05) is 12.7 Å². The molecule has 0 atom stereocenters. The summed E-state index contributed by atoms with van der Waals surface area (Å²) in [6.07, 6.45) is 4.52. The first-order chi connectivity index (χ1) is 8.78. The largest absolute Gasteiger partial charge is 0.444 e. The molecule has 1 amide bonds. The predicted octanol–water partition coefficient (Wildman–Crippen LogP) is 3.07. The van der Waals surface area contributed by atoms with Crippen molar-refractivity contribution in [3.05, 3.63) is 35.4 Å². The number of pyridine rings is 1. The number of alkyl carbamates (subject to hydrolysis) is 1. The average Bonchev–Trinajstić information content (AvgIpc) is 2.24. The first kappa shape index (κ1) is 15.1. The summed E-state index contributed by atoms with van der Waals surface area (Å²) in [6.45, 7) is 7.54. The Morgan fingerprint density at radius 3 is 2.79 bits per heavy atom. The van der Waals surface area contributed by atoms with Crippen LogP contribution >= 0.6 is 0 Å². The monoisotopic (exact) mass is 266 g/mol. The number of ether oxygens (including phenoxy) is 1. The third kappa shape index (κ3) is 5.99. The maximum atomic E-state index is 12.8. The van der Waals surface area contributed by atoms with Crippen LogP contribution in [0.25, 0.3) is 6.08 Å². The summed E-state index contributed by atoms with van der Waals surface area (Å²) >= 11 is 0. The quantitative estimate of drug-likeness (QED) is 0.855. The lowest BCUT2D eigenvalue weighted by Gasteiger charge is -2.19. The van der Waals surface area contributed by atoms with E-state index in [2.05, 4.69) is 10.3 Å². The van der Waals surface area contributed by atoms with Crippen LogP contribution in [0.1, 0.15) is 31.9 Å². The molecular weight excluding hydrogens is 247 g/mol. The number of hydrogen-bond donors (Lipinski definition) is 1. The molecule has 0 saturated heterocycles. The summed E-state index contributed by atoms with van der Waals surface area (Å²) in [6, 6.07) is 1.36. The predicted molar refractivity (Wildman–Crippen MR) is 72.2 cm³/mol. The van der Waals surface area contributed by atoms with Crippen LogP contribution in [0.15, 0.2) is 18.3 Å². The third-order valence-corrected chi connectivity index (χ3v) is 2.18. The number of halogens is 1. The van der Waals surface area contributed by atoms with Crippen LogP contribution < -0.4 is 5.32 Å². The van der Waals surface area contributed by atoms with Gasteiger partial charge in [-0.2, -0.15) is 4.39 Å². The number of amides is 1. The summed E-state index contributed by atoms with van der Waals surface area (Å²) in [5.41, 5.74) is 1.10. The molecule has 4 nitrogen and oxygen atoms in total. The van der Waals surface area contributed by atoms with Gasteiger partial charge in [-0.25, -0.2) is 9.78 Å². The number of aromatic nitrogens is 1. The zero-order chi connectivity index (χ0) is 14.5. The Labute approximate surface area is 112 Å². The SMILES string of the molecule is Cc1cc(F)ncc1C=CCNC(=O)OC(C)(C)C. The maximum absolute atomic E-state index is 12.8. The van der Waals surface area contributed by atoms with Gasteiger partial charge in [0.2, 0.25) is 5.95 Å². The van der Waals surface area contributed by atoms with E-state index in [4.69, 9.17) is 4.74 Å². The van der Waals surface area contributed by atoms with E-state index in [-0.39, 0.29) is 0 Å². The van der Waals surface area contributed by atoms with E-state index in [9.17, 15) is 9.18 Å². The van der Waals surface area contributed by atoms with Crippen molar-refractivity contribution >= 4 is 12.2 Å². The van der Waals surface area contributed by atoms with E-state index >= 15 is 0 Å². The number of nitrogens with one attached hydrogen (secondary N) is 1. The molecule has 0 aromatic carbocycles. The number of hydrogen-bond acceptors (Lipinski definition) is 3. The molecule has 0 aliphatic heterocycles. The van der Waals surface area contributed by atoms with Crippen molar-refractivity contribution in [3.63, 3.8) is 0 Å². The van der Waals surface area contributed by atoms with Gasteiger partial charge < -0.3 is 10.1 Å². The van der Waals surface area contributed by atoms with Crippen LogP contribution in [0.2, 0.25) is 0 Å². The highest BCUT2D eigenvalue weighted by Crippen LogP contribution is 2.09. The summed E-state index contributed by atoms with van der Waals surface area (Å²) in [5, 5.41) is 2.60. The van der Waals surface area contributed by atoms with Gasteiger partial charge >= 0.3 is 6.09 Å². The van der Waals surface area contributed by atoms with E-state index < -0.39 is 17.6 Å². The molecular formula is C14H19FN2O2. The van der Waals surface area contributed by atoms with Gasteiger partial charge in [-0.15, -0.1) is 0 Å². The number of aryl methyl sites for hydroxylation is 1. The van der Waals surface area contributed by atoms with Crippen LogP contribution in [-0.4, -0.2) is 23.2 Å². The molecule has 104 valence electrons. The van der Waals surface area contributed by atoms with Gasteiger partial charge in [0.05, 0.1) is 0 Å². The molecule has 0 saturated carbocycles. The van der Waals surface area contributed by atoms with Gasteiger partial charge in [0.1, 0.15) is 5.60 Å². The standard InChI is InChI=1S/C14H19FN2O2/c1-10-8-12(15)17-9-11(10)6-5-7-16-13(18)19-14(2,3)4/h5-6,8-9H,7H2,1-4H3,(H,16,18). The Morgan fingerprint density at radius 1 is 1.53 bits per heavy atom. The van der Waals surface area contributed by atoms with Crippen LogP contribution in [-0.2, 0) is 4.74 Å². The minimum absolute atomic E-state index is 0.339. The first-order valence-electron chi connectivity index (χ1n) is 6.03. The van der Waals surface area contributed by atoms with Gasteiger partial charge in [0.15, 0.2) is 0 Å². The fourth-order valence-corrected chi connectivity index (χ4v) is 1.35. The average molecular weight is 266 g/mol. The third-order valence-electron chi connectivity index (χ3n) is 2.18. The topological polar surface area (TPSA) is 51.2 Å². The van der Waals surface area contributed by atoms with E-state index in [1.807, 2.05) is 0 Å². The van der Waals surface area contributed by atoms with Gasteiger partial charge in [-0.3, -0.25) is 0 Å². The molecule has 1 aromatic heterocycles.